The zero-order valence-electron chi connectivity index (χ0n) is 21.5. The maximum Gasteiger partial charge on any atom is 0.0462 e. The van der Waals surface area contributed by atoms with Gasteiger partial charge in [-0.15, -0.1) is 0 Å². The van der Waals surface area contributed by atoms with Crippen molar-refractivity contribution in [3.63, 3.8) is 0 Å². The molecule has 0 aliphatic heterocycles. The van der Waals surface area contributed by atoms with Crippen molar-refractivity contribution >= 4 is 38.6 Å². The smallest absolute Gasteiger partial charge is 0.0462 e. The van der Waals surface area contributed by atoms with E-state index in [-0.39, 0.29) is 0 Å². The summed E-state index contributed by atoms with van der Waals surface area (Å²) < 4.78 is 0. The Morgan fingerprint density at radius 2 is 0.769 bits per heavy atom. The number of para-hydroxylation sites is 2. The minimum atomic E-state index is 1.13. The second-order valence-corrected chi connectivity index (χ2v) is 9.82. The summed E-state index contributed by atoms with van der Waals surface area (Å²) in [5, 5.41) is 5.06. The first-order valence-corrected chi connectivity index (χ1v) is 13.4. The lowest BCUT2D eigenvalue weighted by molar-refractivity contribution is 1.28. The lowest BCUT2D eigenvalue weighted by Crippen LogP contribution is -2.09. The van der Waals surface area contributed by atoms with Crippen LogP contribution >= 0.6 is 0 Å². The summed E-state index contributed by atoms with van der Waals surface area (Å²) in [6.45, 7) is 0. The van der Waals surface area contributed by atoms with Gasteiger partial charge in [-0.1, -0.05) is 121 Å². The monoisotopic (exact) mass is 497 g/mol. The van der Waals surface area contributed by atoms with Crippen LogP contribution in [-0.4, -0.2) is 0 Å². The molecule has 7 aromatic carbocycles. The summed E-state index contributed by atoms with van der Waals surface area (Å²) in [6, 6.07) is 58.6. The molecule has 0 radical (unpaired) electrons. The van der Waals surface area contributed by atoms with Gasteiger partial charge in [-0.3, -0.25) is 0 Å². The molecule has 0 amide bonds. The van der Waals surface area contributed by atoms with Gasteiger partial charge in [-0.25, -0.2) is 0 Å². The molecule has 39 heavy (non-hydrogen) atoms. The molecule has 0 bridgehead atoms. The highest BCUT2D eigenvalue weighted by molar-refractivity contribution is 6.06. The highest BCUT2D eigenvalue weighted by Gasteiger charge is 2.14. The lowest BCUT2D eigenvalue weighted by Gasteiger charge is -2.25. The quantitative estimate of drug-likeness (QED) is 0.229. The molecule has 0 atom stereocenters. The van der Waals surface area contributed by atoms with Crippen LogP contribution in [0.15, 0.2) is 164 Å². The first kappa shape index (κ1) is 23.0. The van der Waals surface area contributed by atoms with E-state index >= 15 is 0 Å². The largest absolute Gasteiger partial charge is 0.311 e. The number of anilines is 3. The van der Waals surface area contributed by atoms with E-state index in [4.69, 9.17) is 0 Å². The van der Waals surface area contributed by atoms with Crippen LogP contribution in [0.1, 0.15) is 0 Å². The minimum absolute atomic E-state index is 1.13. The number of rotatable bonds is 5. The van der Waals surface area contributed by atoms with Crippen LogP contribution in [0.3, 0.4) is 0 Å². The van der Waals surface area contributed by atoms with Crippen LogP contribution in [0.4, 0.5) is 17.1 Å². The van der Waals surface area contributed by atoms with Gasteiger partial charge in [0.25, 0.3) is 0 Å². The molecular weight excluding hydrogens is 470 g/mol. The maximum atomic E-state index is 2.30. The Morgan fingerprint density at radius 1 is 0.308 bits per heavy atom. The Hall–Kier alpha value is -5.14. The van der Waals surface area contributed by atoms with E-state index in [1.807, 2.05) is 0 Å². The first-order chi connectivity index (χ1) is 19.3. The average molecular weight is 498 g/mol. The Bertz CT molecular complexity index is 1850. The molecule has 184 valence electrons. The van der Waals surface area contributed by atoms with Crippen LogP contribution < -0.4 is 4.90 Å². The highest BCUT2D eigenvalue weighted by atomic mass is 15.1. The van der Waals surface area contributed by atoms with Gasteiger partial charge in [0.05, 0.1) is 0 Å². The number of nitrogens with zero attached hydrogens (tertiary/aromatic N) is 1. The lowest BCUT2D eigenvalue weighted by atomic mass is 9.91. The van der Waals surface area contributed by atoms with Gasteiger partial charge in [-0.05, 0) is 86.3 Å². The minimum Gasteiger partial charge on any atom is -0.311 e. The predicted octanol–water partition coefficient (Wildman–Crippen LogP) is 10.8. The van der Waals surface area contributed by atoms with Gasteiger partial charge in [0.1, 0.15) is 0 Å². The molecule has 0 aliphatic rings. The Balaban J connectivity index is 1.31. The molecule has 0 spiro atoms. The van der Waals surface area contributed by atoms with Gasteiger partial charge >= 0.3 is 0 Å². The number of fused-ring (bicyclic) bond motifs is 2. The van der Waals surface area contributed by atoms with E-state index in [2.05, 4.69) is 169 Å². The average Bonchev–Trinajstić information content (AvgIpc) is 3.02. The summed E-state index contributed by atoms with van der Waals surface area (Å²) >= 11 is 0. The van der Waals surface area contributed by atoms with Crippen LogP contribution in [-0.2, 0) is 0 Å². The van der Waals surface area contributed by atoms with Crippen molar-refractivity contribution < 1.29 is 0 Å². The molecular formula is C38H27N. The molecule has 0 heterocycles. The molecule has 0 saturated carbocycles. The van der Waals surface area contributed by atoms with Gasteiger partial charge in [0.2, 0.25) is 0 Å². The topological polar surface area (TPSA) is 3.24 Å². The van der Waals surface area contributed by atoms with E-state index in [0.717, 1.165) is 17.1 Å². The van der Waals surface area contributed by atoms with Crippen molar-refractivity contribution in [3.8, 4) is 22.3 Å². The second kappa shape index (κ2) is 9.96. The van der Waals surface area contributed by atoms with Crippen molar-refractivity contribution in [2.24, 2.45) is 0 Å². The van der Waals surface area contributed by atoms with Crippen LogP contribution in [0, 0.1) is 0 Å². The second-order valence-electron chi connectivity index (χ2n) is 9.82. The molecule has 7 aromatic rings. The molecule has 0 unspecified atom stereocenters. The van der Waals surface area contributed by atoms with Crippen molar-refractivity contribution in [2.45, 2.75) is 0 Å². The summed E-state index contributed by atoms with van der Waals surface area (Å²) in [6.07, 6.45) is 0. The molecule has 1 heteroatoms. The van der Waals surface area contributed by atoms with Crippen LogP contribution in [0.5, 0.6) is 0 Å². The maximum absolute atomic E-state index is 2.30. The zero-order chi connectivity index (χ0) is 26.0. The predicted molar refractivity (Wildman–Crippen MR) is 167 cm³/mol. The fraction of sp³-hybridized carbons (Fsp3) is 0. The summed E-state index contributed by atoms with van der Waals surface area (Å²) in [4.78, 5) is 2.30. The third-order valence-electron chi connectivity index (χ3n) is 7.45. The Morgan fingerprint density at radius 3 is 1.38 bits per heavy atom. The number of benzene rings is 7. The van der Waals surface area contributed by atoms with E-state index in [0.29, 0.717) is 0 Å². The van der Waals surface area contributed by atoms with Crippen LogP contribution in [0.25, 0.3) is 43.8 Å². The fourth-order valence-electron chi connectivity index (χ4n) is 5.55. The molecule has 0 N–H and O–H groups in total. The molecule has 7 rings (SSSR count). The fourth-order valence-corrected chi connectivity index (χ4v) is 5.55. The third-order valence-corrected chi connectivity index (χ3v) is 7.45. The molecule has 1 nitrogen and oxygen atoms in total. The standard InChI is InChI=1S/C38H27N/c1-3-13-32(14-4-1)39(33-15-5-2-6-16-33)34-23-21-29(22-24-34)35-25-26-36(38-18-10-9-17-37(35)38)31-20-19-28-11-7-8-12-30(28)27-31/h1-27H. The van der Waals surface area contributed by atoms with Crippen LogP contribution in [0.2, 0.25) is 0 Å². The van der Waals surface area contributed by atoms with Crippen molar-refractivity contribution in [1.29, 1.82) is 0 Å². The van der Waals surface area contributed by atoms with Crippen molar-refractivity contribution in [1.82, 2.24) is 0 Å². The van der Waals surface area contributed by atoms with Crippen molar-refractivity contribution in [2.75, 3.05) is 4.90 Å². The van der Waals surface area contributed by atoms with Gasteiger partial charge in [0.15, 0.2) is 0 Å². The van der Waals surface area contributed by atoms with Crippen molar-refractivity contribution in [3.05, 3.63) is 164 Å². The molecule has 0 saturated heterocycles. The third kappa shape index (κ3) is 4.35. The Labute approximate surface area is 229 Å². The zero-order valence-corrected chi connectivity index (χ0v) is 21.5. The van der Waals surface area contributed by atoms with E-state index in [1.54, 1.807) is 0 Å². The van der Waals surface area contributed by atoms with E-state index in [9.17, 15) is 0 Å². The van der Waals surface area contributed by atoms with Gasteiger partial charge < -0.3 is 4.90 Å². The summed E-state index contributed by atoms with van der Waals surface area (Å²) in [7, 11) is 0. The normalized spacial score (nSPS) is 11.1. The van der Waals surface area contributed by atoms with E-state index < -0.39 is 0 Å². The first-order valence-electron chi connectivity index (χ1n) is 13.4. The molecule has 0 aliphatic carbocycles. The Kier molecular flexibility index (Phi) is 5.88. The SMILES string of the molecule is c1ccc(N(c2ccccc2)c2ccc(-c3ccc(-c4ccc5ccccc5c4)c4ccccc34)cc2)cc1. The van der Waals surface area contributed by atoms with E-state index in [1.165, 1.54) is 43.8 Å². The number of hydrogen-bond acceptors (Lipinski definition) is 1. The summed E-state index contributed by atoms with van der Waals surface area (Å²) in [5.74, 6) is 0. The van der Waals surface area contributed by atoms with Gasteiger partial charge in [-0.2, -0.15) is 0 Å². The van der Waals surface area contributed by atoms with Gasteiger partial charge in [0, 0.05) is 17.1 Å². The highest BCUT2D eigenvalue weighted by Crippen LogP contribution is 2.39. The molecule has 0 aromatic heterocycles. The molecule has 0 fully saturated rings. The number of hydrogen-bond donors (Lipinski definition) is 0. The summed E-state index contributed by atoms with van der Waals surface area (Å²) in [5.41, 5.74) is 8.37.